The SMILES string of the molecule is CC(Oc1ccc2c(c1)CCC2N)C(=O)NC1CCCC1. The maximum atomic E-state index is 12.1. The predicted molar refractivity (Wildman–Crippen MR) is 82.2 cm³/mol. The van der Waals surface area contributed by atoms with E-state index in [4.69, 9.17) is 10.5 Å². The van der Waals surface area contributed by atoms with Crippen molar-refractivity contribution in [2.75, 3.05) is 0 Å². The third-order valence-electron chi connectivity index (χ3n) is 4.62. The van der Waals surface area contributed by atoms with E-state index in [1.54, 1.807) is 0 Å². The molecule has 4 heteroatoms. The molecule has 1 fully saturated rings. The molecule has 4 nitrogen and oxygen atoms in total. The molecule has 2 aliphatic carbocycles. The maximum absolute atomic E-state index is 12.1. The first-order valence-electron chi connectivity index (χ1n) is 7.99. The standard InChI is InChI=1S/C17H24N2O2/c1-11(17(20)19-13-4-2-3-5-13)21-14-7-8-15-12(10-14)6-9-16(15)18/h7-8,10-11,13,16H,2-6,9,18H2,1H3,(H,19,20). The summed E-state index contributed by atoms with van der Waals surface area (Å²) in [6.07, 6.45) is 6.15. The number of hydrogen-bond acceptors (Lipinski definition) is 3. The summed E-state index contributed by atoms with van der Waals surface area (Å²) in [7, 11) is 0. The van der Waals surface area contributed by atoms with Crippen molar-refractivity contribution in [2.45, 2.75) is 63.6 Å². The minimum Gasteiger partial charge on any atom is -0.481 e. The number of hydrogen-bond donors (Lipinski definition) is 2. The second-order valence-electron chi connectivity index (χ2n) is 6.26. The first-order chi connectivity index (χ1) is 10.1. The molecule has 2 atom stereocenters. The highest BCUT2D eigenvalue weighted by Crippen LogP contribution is 2.32. The zero-order valence-electron chi connectivity index (χ0n) is 12.6. The van der Waals surface area contributed by atoms with E-state index in [0.29, 0.717) is 6.04 Å². The van der Waals surface area contributed by atoms with Gasteiger partial charge in [0.1, 0.15) is 5.75 Å². The van der Waals surface area contributed by atoms with Gasteiger partial charge in [-0.2, -0.15) is 0 Å². The highest BCUT2D eigenvalue weighted by atomic mass is 16.5. The lowest BCUT2D eigenvalue weighted by atomic mass is 10.1. The number of nitrogens with two attached hydrogens (primary N) is 1. The number of carbonyl (C=O) groups is 1. The van der Waals surface area contributed by atoms with Crippen LogP contribution in [0.2, 0.25) is 0 Å². The molecule has 3 N–H and O–H groups in total. The van der Waals surface area contributed by atoms with Gasteiger partial charge in [0, 0.05) is 12.1 Å². The lowest BCUT2D eigenvalue weighted by molar-refractivity contribution is -0.127. The second kappa shape index (κ2) is 6.06. The molecule has 0 heterocycles. The Morgan fingerprint density at radius 2 is 2.10 bits per heavy atom. The third-order valence-corrected chi connectivity index (χ3v) is 4.62. The van der Waals surface area contributed by atoms with Crippen molar-refractivity contribution in [1.29, 1.82) is 0 Å². The van der Waals surface area contributed by atoms with Crippen LogP contribution in [0.5, 0.6) is 5.75 Å². The van der Waals surface area contributed by atoms with E-state index in [2.05, 4.69) is 5.32 Å². The van der Waals surface area contributed by atoms with Crippen molar-refractivity contribution in [1.82, 2.24) is 5.32 Å². The zero-order chi connectivity index (χ0) is 14.8. The normalized spacial score (nSPS) is 22.9. The number of aryl methyl sites for hydroxylation is 1. The molecule has 0 aromatic heterocycles. The van der Waals surface area contributed by atoms with E-state index in [-0.39, 0.29) is 11.9 Å². The quantitative estimate of drug-likeness (QED) is 0.894. The number of benzene rings is 1. The van der Waals surface area contributed by atoms with Crippen LogP contribution in [-0.4, -0.2) is 18.1 Å². The summed E-state index contributed by atoms with van der Waals surface area (Å²) in [6.45, 7) is 1.81. The summed E-state index contributed by atoms with van der Waals surface area (Å²) in [6, 6.07) is 6.47. The number of rotatable bonds is 4. The highest BCUT2D eigenvalue weighted by Gasteiger charge is 2.23. The molecule has 2 aliphatic rings. The van der Waals surface area contributed by atoms with Crippen molar-refractivity contribution in [3.05, 3.63) is 29.3 Å². The molecule has 3 rings (SSSR count). The summed E-state index contributed by atoms with van der Waals surface area (Å²) in [5, 5.41) is 3.07. The minimum absolute atomic E-state index is 0.0147. The van der Waals surface area contributed by atoms with E-state index in [9.17, 15) is 4.79 Å². The summed E-state index contributed by atoms with van der Waals surface area (Å²) < 4.78 is 5.79. The Labute approximate surface area is 126 Å². The van der Waals surface area contributed by atoms with Crippen molar-refractivity contribution in [2.24, 2.45) is 5.73 Å². The van der Waals surface area contributed by atoms with Gasteiger partial charge >= 0.3 is 0 Å². The predicted octanol–water partition coefficient (Wildman–Crippen LogP) is 2.46. The average molecular weight is 288 g/mol. The van der Waals surface area contributed by atoms with Crippen LogP contribution in [0, 0.1) is 0 Å². The molecule has 0 saturated heterocycles. The van der Waals surface area contributed by atoms with Crippen molar-refractivity contribution in [3.63, 3.8) is 0 Å². The molecule has 0 aliphatic heterocycles. The average Bonchev–Trinajstić information content (AvgIpc) is 3.09. The van der Waals surface area contributed by atoms with E-state index in [1.165, 1.54) is 24.0 Å². The van der Waals surface area contributed by atoms with Gasteiger partial charge in [0.15, 0.2) is 6.10 Å². The van der Waals surface area contributed by atoms with Crippen LogP contribution in [0.3, 0.4) is 0 Å². The smallest absolute Gasteiger partial charge is 0.260 e. The van der Waals surface area contributed by atoms with Crippen LogP contribution in [0.4, 0.5) is 0 Å². The van der Waals surface area contributed by atoms with Crippen molar-refractivity contribution >= 4 is 5.91 Å². The van der Waals surface area contributed by atoms with E-state index < -0.39 is 6.10 Å². The topological polar surface area (TPSA) is 64.3 Å². The van der Waals surface area contributed by atoms with Crippen LogP contribution in [0.1, 0.15) is 56.2 Å². The molecule has 1 aromatic rings. The molecule has 1 aromatic carbocycles. The fourth-order valence-electron chi connectivity index (χ4n) is 3.35. The van der Waals surface area contributed by atoms with Gasteiger partial charge in [0.05, 0.1) is 0 Å². The summed E-state index contributed by atoms with van der Waals surface area (Å²) in [5.74, 6) is 0.746. The Balaban J connectivity index is 1.59. The molecule has 1 amide bonds. The van der Waals surface area contributed by atoms with Gasteiger partial charge < -0.3 is 15.8 Å². The van der Waals surface area contributed by atoms with Crippen LogP contribution >= 0.6 is 0 Å². The molecule has 0 spiro atoms. The second-order valence-corrected chi connectivity index (χ2v) is 6.26. The molecular weight excluding hydrogens is 264 g/mol. The van der Waals surface area contributed by atoms with E-state index in [1.807, 2.05) is 25.1 Å². The molecular formula is C17H24N2O2. The van der Waals surface area contributed by atoms with Gasteiger partial charge in [0.25, 0.3) is 5.91 Å². The largest absolute Gasteiger partial charge is 0.481 e. The molecule has 2 unspecified atom stereocenters. The van der Waals surface area contributed by atoms with Crippen LogP contribution < -0.4 is 15.8 Å². The first kappa shape index (κ1) is 14.4. The van der Waals surface area contributed by atoms with Crippen LogP contribution in [0.15, 0.2) is 18.2 Å². The minimum atomic E-state index is -0.460. The van der Waals surface area contributed by atoms with Crippen molar-refractivity contribution in [3.8, 4) is 5.75 Å². The number of fused-ring (bicyclic) bond motifs is 1. The summed E-state index contributed by atoms with van der Waals surface area (Å²) in [4.78, 5) is 12.1. The van der Waals surface area contributed by atoms with Crippen molar-refractivity contribution < 1.29 is 9.53 Å². The van der Waals surface area contributed by atoms with Gasteiger partial charge in [-0.1, -0.05) is 18.9 Å². The van der Waals surface area contributed by atoms with Gasteiger partial charge in [0.2, 0.25) is 0 Å². The van der Waals surface area contributed by atoms with Gasteiger partial charge in [-0.15, -0.1) is 0 Å². The van der Waals surface area contributed by atoms with Gasteiger partial charge in [-0.3, -0.25) is 4.79 Å². The van der Waals surface area contributed by atoms with E-state index in [0.717, 1.165) is 31.4 Å². The molecule has 0 bridgehead atoms. The van der Waals surface area contributed by atoms with E-state index >= 15 is 0 Å². The Hall–Kier alpha value is -1.55. The fraction of sp³-hybridized carbons (Fsp3) is 0.588. The number of nitrogens with one attached hydrogen (secondary N) is 1. The molecule has 1 saturated carbocycles. The summed E-state index contributed by atoms with van der Waals surface area (Å²) in [5.41, 5.74) is 8.50. The monoisotopic (exact) mass is 288 g/mol. The Morgan fingerprint density at radius 3 is 2.86 bits per heavy atom. The molecule has 21 heavy (non-hydrogen) atoms. The van der Waals surface area contributed by atoms with Gasteiger partial charge in [-0.05, 0) is 55.9 Å². The third kappa shape index (κ3) is 3.21. The highest BCUT2D eigenvalue weighted by molar-refractivity contribution is 5.81. The molecule has 114 valence electrons. The van der Waals surface area contributed by atoms with Gasteiger partial charge in [-0.25, -0.2) is 0 Å². The number of amides is 1. The maximum Gasteiger partial charge on any atom is 0.260 e. The number of ether oxygens (including phenoxy) is 1. The number of carbonyl (C=O) groups excluding carboxylic acids is 1. The Morgan fingerprint density at radius 1 is 1.33 bits per heavy atom. The lowest BCUT2D eigenvalue weighted by Gasteiger charge is -2.18. The van der Waals surface area contributed by atoms with Crippen LogP contribution in [0.25, 0.3) is 0 Å². The summed E-state index contributed by atoms with van der Waals surface area (Å²) >= 11 is 0. The fourth-order valence-corrected chi connectivity index (χ4v) is 3.35. The zero-order valence-corrected chi connectivity index (χ0v) is 12.6. The lowest BCUT2D eigenvalue weighted by Crippen LogP contribution is -2.41. The first-order valence-corrected chi connectivity index (χ1v) is 7.99. The Bertz CT molecular complexity index is 524. The van der Waals surface area contributed by atoms with Crippen LogP contribution in [-0.2, 0) is 11.2 Å². The Kier molecular flexibility index (Phi) is 4.15. The molecule has 0 radical (unpaired) electrons.